The molecule has 128 valence electrons. The number of ether oxygens (including phenoxy) is 1. The summed E-state index contributed by atoms with van der Waals surface area (Å²) in [4.78, 5) is 11.9. The molecule has 0 atom stereocenters. The van der Waals surface area contributed by atoms with Crippen molar-refractivity contribution in [3.63, 3.8) is 0 Å². The average Bonchev–Trinajstić information content (AvgIpc) is 2.49. The minimum atomic E-state index is -3.64. The van der Waals surface area contributed by atoms with Crippen molar-refractivity contribution >= 4 is 62.2 Å². The van der Waals surface area contributed by atoms with Crippen LogP contribution in [0.1, 0.15) is 6.42 Å². The molecule has 0 aliphatic carbocycles. The normalized spacial score (nSPS) is 11.3. The molecule has 0 amide bonds. The summed E-state index contributed by atoms with van der Waals surface area (Å²) in [6.07, 6.45) is -0.361. The molecule has 4 nitrogen and oxygen atoms in total. The Hall–Kier alpha value is -0.980. The molecule has 2 aromatic rings. The standard InChI is InChI=1S/C15H10Cl4O4S/c16-9-1-3-11(4-2-9)24(21,22)6-5-14(20)23-15-12(18)7-10(17)8-13(15)19/h1-4,7-8H,5-6H2. The van der Waals surface area contributed by atoms with Gasteiger partial charge in [-0.25, -0.2) is 8.42 Å². The maximum Gasteiger partial charge on any atom is 0.312 e. The highest BCUT2D eigenvalue weighted by Crippen LogP contribution is 2.36. The number of carbonyl (C=O) groups is 1. The number of rotatable bonds is 5. The fourth-order valence-corrected chi connectivity index (χ4v) is 4.01. The van der Waals surface area contributed by atoms with Crippen LogP contribution >= 0.6 is 46.4 Å². The van der Waals surface area contributed by atoms with Gasteiger partial charge < -0.3 is 4.74 Å². The van der Waals surface area contributed by atoms with Gasteiger partial charge in [0.15, 0.2) is 15.6 Å². The highest BCUT2D eigenvalue weighted by Gasteiger charge is 2.19. The summed E-state index contributed by atoms with van der Waals surface area (Å²) >= 11 is 23.3. The lowest BCUT2D eigenvalue weighted by Gasteiger charge is -2.09. The number of hydrogen-bond donors (Lipinski definition) is 0. The lowest BCUT2D eigenvalue weighted by molar-refractivity contribution is -0.133. The average molecular weight is 428 g/mol. The van der Waals surface area contributed by atoms with Crippen LogP contribution in [0.5, 0.6) is 5.75 Å². The Kier molecular flexibility index (Phi) is 6.39. The Balaban J connectivity index is 2.04. The van der Waals surface area contributed by atoms with E-state index in [0.29, 0.717) is 5.02 Å². The van der Waals surface area contributed by atoms with Crippen LogP contribution in [-0.4, -0.2) is 20.1 Å². The number of benzene rings is 2. The molecule has 0 unspecified atom stereocenters. The van der Waals surface area contributed by atoms with Crippen LogP contribution in [0.25, 0.3) is 0 Å². The lowest BCUT2D eigenvalue weighted by Crippen LogP contribution is -2.16. The molecule has 0 aliphatic heterocycles. The molecule has 0 saturated carbocycles. The molecule has 0 aliphatic rings. The molecule has 24 heavy (non-hydrogen) atoms. The van der Waals surface area contributed by atoms with E-state index >= 15 is 0 Å². The van der Waals surface area contributed by atoms with Crippen molar-refractivity contribution in [1.82, 2.24) is 0 Å². The maximum absolute atomic E-state index is 12.2. The molecular formula is C15H10Cl4O4S. The summed E-state index contributed by atoms with van der Waals surface area (Å²) in [6.45, 7) is 0. The number of carbonyl (C=O) groups excluding carboxylic acids is 1. The first-order valence-electron chi connectivity index (χ1n) is 6.52. The first-order chi connectivity index (χ1) is 11.2. The predicted molar refractivity (Wildman–Crippen MR) is 95.2 cm³/mol. The highest BCUT2D eigenvalue weighted by atomic mass is 35.5. The molecule has 0 heterocycles. The zero-order valence-electron chi connectivity index (χ0n) is 11.9. The van der Waals surface area contributed by atoms with Gasteiger partial charge >= 0.3 is 5.97 Å². The minimum absolute atomic E-state index is 0.0569. The molecule has 2 rings (SSSR count). The number of halogens is 4. The number of hydrogen-bond acceptors (Lipinski definition) is 4. The fraction of sp³-hybridized carbons (Fsp3) is 0.133. The summed E-state index contributed by atoms with van der Waals surface area (Å²) in [5.74, 6) is -1.26. The van der Waals surface area contributed by atoms with E-state index in [1.54, 1.807) is 0 Å². The molecule has 0 N–H and O–H groups in total. The second-order valence-corrected chi connectivity index (χ2v) is 8.49. The van der Waals surface area contributed by atoms with Crippen LogP contribution in [0.3, 0.4) is 0 Å². The third-order valence-corrected chi connectivity index (χ3v) is 5.69. The second kappa shape index (κ2) is 7.93. The number of sulfone groups is 1. The topological polar surface area (TPSA) is 60.4 Å². The van der Waals surface area contributed by atoms with Crippen molar-refractivity contribution in [2.75, 3.05) is 5.75 Å². The SMILES string of the molecule is O=C(CCS(=O)(=O)c1ccc(Cl)cc1)Oc1c(Cl)cc(Cl)cc1Cl. The monoisotopic (exact) mass is 426 g/mol. The van der Waals surface area contributed by atoms with Gasteiger partial charge in [-0.15, -0.1) is 0 Å². The largest absolute Gasteiger partial charge is 0.423 e. The highest BCUT2D eigenvalue weighted by molar-refractivity contribution is 7.91. The Bertz CT molecular complexity index is 841. The first kappa shape index (κ1) is 19.3. The van der Waals surface area contributed by atoms with E-state index in [2.05, 4.69) is 0 Å². The van der Waals surface area contributed by atoms with Gasteiger partial charge in [0, 0.05) is 10.0 Å². The van der Waals surface area contributed by atoms with Crippen molar-refractivity contribution in [3.05, 3.63) is 56.5 Å². The van der Waals surface area contributed by atoms with Gasteiger partial charge in [-0.2, -0.15) is 0 Å². The van der Waals surface area contributed by atoms with Crippen LogP contribution in [-0.2, 0) is 14.6 Å². The van der Waals surface area contributed by atoms with Gasteiger partial charge in [0.05, 0.1) is 27.1 Å². The summed E-state index contributed by atoms with van der Waals surface area (Å²) in [7, 11) is -3.64. The number of esters is 1. The quantitative estimate of drug-likeness (QED) is 0.493. The van der Waals surface area contributed by atoms with Crippen molar-refractivity contribution in [2.45, 2.75) is 11.3 Å². The molecule has 2 aromatic carbocycles. The summed E-state index contributed by atoms with van der Waals surface area (Å²) in [6, 6.07) is 8.38. The van der Waals surface area contributed by atoms with Gasteiger partial charge in [-0.1, -0.05) is 46.4 Å². The molecule has 0 bridgehead atoms. The van der Waals surface area contributed by atoms with Gasteiger partial charge in [0.2, 0.25) is 0 Å². The van der Waals surface area contributed by atoms with E-state index in [-0.39, 0.29) is 32.1 Å². The van der Waals surface area contributed by atoms with E-state index in [1.165, 1.54) is 36.4 Å². The molecule has 0 radical (unpaired) electrons. The Morgan fingerprint density at radius 1 is 0.917 bits per heavy atom. The first-order valence-corrected chi connectivity index (χ1v) is 9.69. The fourth-order valence-electron chi connectivity index (χ4n) is 1.77. The third kappa shape index (κ3) is 5.01. The molecular weight excluding hydrogens is 418 g/mol. The van der Waals surface area contributed by atoms with Crippen LogP contribution in [0, 0.1) is 0 Å². The van der Waals surface area contributed by atoms with E-state index < -0.39 is 21.6 Å². The van der Waals surface area contributed by atoms with Gasteiger partial charge in [-0.05, 0) is 36.4 Å². The Morgan fingerprint density at radius 3 is 2.00 bits per heavy atom. The lowest BCUT2D eigenvalue weighted by atomic mass is 10.3. The van der Waals surface area contributed by atoms with Crippen LogP contribution in [0.15, 0.2) is 41.3 Å². The third-order valence-electron chi connectivity index (χ3n) is 2.93. The smallest absolute Gasteiger partial charge is 0.312 e. The summed E-state index contributed by atoms with van der Waals surface area (Å²) < 4.78 is 29.4. The Morgan fingerprint density at radius 2 is 1.46 bits per heavy atom. The van der Waals surface area contributed by atoms with Crippen LogP contribution in [0.4, 0.5) is 0 Å². The van der Waals surface area contributed by atoms with Crippen LogP contribution < -0.4 is 4.74 Å². The van der Waals surface area contributed by atoms with E-state index in [9.17, 15) is 13.2 Å². The van der Waals surface area contributed by atoms with Crippen LogP contribution in [0.2, 0.25) is 20.1 Å². The van der Waals surface area contributed by atoms with Crippen molar-refractivity contribution < 1.29 is 17.9 Å². The molecule has 9 heteroatoms. The van der Waals surface area contributed by atoms with Crippen molar-refractivity contribution in [2.24, 2.45) is 0 Å². The predicted octanol–water partition coefficient (Wildman–Crippen LogP) is 5.07. The maximum atomic E-state index is 12.2. The van der Waals surface area contributed by atoms with E-state index in [4.69, 9.17) is 51.1 Å². The summed E-state index contributed by atoms with van der Waals surface area (Å²) in [5, 5.41) is 0.818. The molecule has 0 aromatic heterocycles. The van der Waals surface area contributed by atoms with Crippen molar-refractivity contribution in [1.29, 1.82) is 0 Å². The van der Waals surface area contributed by atoms with Crippen molar-refractivity contribution in [3.8, 4) is 5.75 Å². The van der Waals surface area contributed by atoms with Gasteiger partial charge in [0.1, 0.15) is 0 Å². The Labute approximate surface area is 159 Å². The molecule has 0 spiro atoms. The molecule has 0 saturated heterocycles. The van der Waals surface area contributed by atoms with Gasteiger partial charge in [0.25, 0.3) is 0 Å². The van der Waals surface area contributed by atoms with E-state index in [0.717, 1.165) is 0 Å². The zero-order valence-corrected chi connectivity index (χ0v) is 15.8. The molecule has 0 fully saturated rings. The minimum Gasteiger partial charge on any atom is -0.423 e. The second-order valence-electron chi connectivity index (χ2n) is 4.70. The van der Waals surface area contributed by atoms with Gasteiger partial charge in [-0.3, -0.25) is 4.79 Å². The summed E-state index contributed by atoms with van der Waals surface area (Å²) in [5.41, 5.74) is 0. The zero-order chi connectivity index (χ0) is 17.9. The van der Waals surface area contributed by atoms with E-state index in [1.807, 2.05) is 0 Å².